The molecule has 0 fully saturated rings. The first-order valence-electron chi connectivity index (χ1n) is 5.56. The number of hydrogen-bond donors (Lipinski definition) is 2. The Morgan fingerprint density at radius 3 is 2.24 bits per heavy atom. The Morgan fingerprint density at radius 1 is 1.35 bits per heavy atom. The number of amides is 1. The van der Waals surface area contributed by atoms with Crippen molar-refractivity contribution in [2.24, 2.45) is 5.41 Å². The second-order valence-corrected chi connectivity index (χ2v) is 4.95. The summed E-state index contributed by atoms with van der Waals surface area (Å²) in [6, 6.07) is 0. The predicted molar refractivity (Wildman–Crippen MR) is 67.9 cm³/mol. The third-order valence-corrected chi connectivity index (χ3v) is 3.12. The van der Waals surface area contributed by atoms with Gasteiger partial charge in [0.05, 0.1) is 5.41 Å². The molecule has 0 bridgehead atoms. The summed E-state index contributed by atoms with van der Waals surface area (Å²) in [5.41, 5.74) is -0.150. The normalized spacial score (nSPS) is 13.0. The Bertz CT molecular complexity index is 335. The molecule has 0 unspecified atom stereocenters. The zero-order valence-corrected chi connectivity index (χ0v) is 11.5. The molecule has 0 saturated heterocycles. The molecule has 0 aromatic rings. The van der Waals surface area contributed by atoms with Gasteiger partial charge in [0.15, 0.2) is 0 Å². The lowest BCUT2D eigenvalue weighted by Gasteiger charge is -2.21. The van der Waals surface area contributed by atoms with Crippen LogP contribution in [0.4, 0.5) is 0 Å². The lowest BCUT2D eigenvalue weighted by molar-refractivity contribution is -0.136. The van der Waals surface area contributed by atoms with Crippen LogP contribution in [-0.2, 0) is 9.59 Å². The maximum atomic E-state index is 11.8. The Balaban J connectivity index is 4.98. The molecule has 5 heteroatoms. The fourth-order valence-corrected chi connectivity index (χ4v) is 1.31. The summed E-state index contributed by atoms with van der Waals surface area (Å²) in [5, 5.41) is 11.5. The topological polar surface area (TPSA) is 66.4 Å². The number of carboxylic acid groups (broad SMARTS) is 1. The Hall–Kier alpha value is -1.03. The number of aliphatic carboxylic acids is 1. The quantitative estimate of drug-likeness (QED) is 0.570. The molecule has 0 aromatic carbocycles. The van der Waals surface area contributed by atoms with Crippen molar-refractivity contribution in [2.75, 3.05) is 5.88 Å². The third kappa shape index (κ3) is 4.77. The maximum Gasteiger partial charge on any atom is 0.352 e. The van der Waals surface area contributed by atoms with Crippen LogP contribution in [0.2, 0.25) is 0 Å². The molecule has 4 nitrogen and oxygen atoms in total. The van der Waals surface area contributed by atoms with Gasteiger partial charge in [-0.2, -0.15) is 0 Å². The van der Waals surface area contributed by atoms with E-state index in [1.54, 1.807) is 20.8 Å². The molecule has 1 amide bonds. The van der Waals surface area contributed by atoms with Crippen LogP contribution in [0, 0.1) is 5.41 Å². The minimum Gasteiger partial charge on any atom is -0.477 e. The average Bonchev–Trinajstić information content (AvgIpc) is 2.25. The molecular weight excluding hydrogens is 242 g/mol. The molecule has 0 saturated carbocycles. The van der Waals surface area contributed by atoms with Crippen molar-refractivity contribution in [3.63, 3.8) is 0 Å². The molecule has 0 radical (unpaired) electrons. The summed E-state index contributed by atoms with van der Waals surface area (Å²) in [5.74, 6) is -1.35. The van der Waals surface area contributed by atoms with E-state index in [-0.39, 0.29) is 17.5 Å². The summed E-state index contributed by atoms with van der Waals surface area (Å²) < 4.78 is 0. The van der Waals surface area contributed by atoms with E-state index in [1.807, 2.05) is 6.92 Å². The Kier molecular flexibility index (Phi) is 6.24. The molecule has 98 valence electrons. The highest BCUT2D eigenvalue weighted by Crippen LogP contribution is 2.18. The third-order valence-electron chi connectivity index (χ3n) is 2.45. The zero-order chi connectivity index (χ0) is 13.6. The molecule has 0 aromatic heterocycles. The average molecular weight is 262 g/mol. The van der Waals surface area contributed by atoms with Crippen molar-refractivity contribution in [1.29, 1.82) is 0 Å². The van der Waals surface area contributed by atoms with Crippen LogP contribution < -0.4 is 5.32 Å². The van der Waals surface area contributed by atoms with Gasteiger partial charge in [0, 0.05) is 5.88 Å². The first-order valence-corrected chi connectivity index (χ1v) is 6.10. The number of alkyl halides is 1. The lowest BCUT2D eigenvalue weighted by atomic mass is 9.95. The molecule has 0 aliphatic carbocycles. The van der Waals surface area contributed by atoms with Crippen molar-refractivity contribution < 1.29 is 14.7 Å². The number of carbonyl (C=O) groups excluding carboxylic acids is 1. The summed E-state index contributed by atoms with van der Waals surface area (Å²) in [4.78, 5) is 22.9. The zero-order valence-electron chi connectivity index (χ0n) is 10.8. The van der Waals surface area contributed by atoms with Crippen molar-refractivity contribution in [3.8, 4) is 0 Å². The molecule has 0 aliphatic heterocycles. The molecular formula is C12H20ClNO3. The molecule has 0 spiro atoms. The largest absolute Gasteiger partial charge is 0.477 e. The van der Waals surface area contributed by atoms with Gasteiger partial charge < -0.3 is 10.4 Å². The van der Waals surface area contributed by atoms with Gasteiger partial charge in [-0.05, 0) is 32.8 Å². The summed E-state index contributed by atoms with van der Waals surface area (Å²) >= 11 is 5.67. The number of carbonyl (C=O) groups is 2. The Labute approximate surface area is 107 Å². The number of halogens is 1. The summed E-state index contributed by atoms with van der Waals surface area (Å²) in [6.07, 6.45) is 1.47. The number of allylic oxidation sites excluding steroid dienone is 1. The van der Waals surface area contributed by atoms with E-state index in [4.69, 9.17) is 16.7 Å². The standard InChI is InChI=1S/C12H20ClNO3/c1-5-6-8(2)9(10(15)16)14-11(17)12(3,4)7-13/h5-7H2,1-4H3,(H,14,17)(H,15,16)/b9-8+. The van der Waals surface area contributed by atoms with Gasteiger partial charge in [-0.25, -0.2) is 4.79 Å². The molecule has 0 aliphatic rings. The first kappa shape index (κ1) is 16.0. The van der Waals surface area contributed by atoms with E-state index in [1.165, 1.54) is 0 Å². The van der Waals surface area contributed by atoms with Crippen LogP contribution in [-0.4, -0.2) is 22.9 Å². The van der Waals surface area contributed by atoms with Crippen LogP contribution in [0.15, 0.2) is 11.3 Å². The molecule has 0 heterocycles. The fraction of sp³-hybridized carbons (Fsp3) is 0.667. The second-order valence-electron chi connectivity index (χ2n) is 4.68. The van der Waals surface area contributed by atoms with E-state index in [0.717, 1.165) is 6.42 Å². The van der Waals surface area contributed by atoms with Gasteiger partial charge >= 0.3 is 5.97 Å². The van der Waals surface area contributed by atoms with Crippen molar-refractivity contribution >= 4 is 23.5 Å². The van der Waals surface area contributed by atoms with E-state index < -0.39 is 11.4 Å². The van der Waals surface area contributed by atoms with Crippen molar-refractivity contribution in [2.45, 2.75) is 40.5 Å². The number of carboxylic acids is 1. The van der Waals surface area contributed by atoms with Gasteiger partial charge in [0.25, 0.3) is 0 Å². The van der Waals surface area contributed by atoms with Crippen molar-refractivity contribution in [1.82, 2.24) is 5.32 Å². The van der Waals surface area contributed by atoms with Gasteiger partial charge in [-0.15, -0.1) is 11.6 Å². The minimum atomic E-state index is -1.12. The number of nitrogens with one attached hydrogen (secondary N) is 1. The summed E-state index contributed by atoms with van der Waals surface area (Å²) in [7, 11) is 0. The molecule has 2 N–H and O–H groups in total. The second kappa shape index (κ2) is 6.64. The van der Waals surface area contributed by atoms with Gasteiger partial charge in [-0.3, -0.25) is 4.79 Å². The van der Waals surface area contributed by atoms with Crippen molar-refractivity contribution in [3.05, 3.63) is 11.3 Å². The fourth-order valence-electron chi connectivity index (χ4n) is 1.19. The molecule has 0 atom stereocenters. The van der Waals surface area contributed by atoms with E-state index in [9.17, 15) is 9.59 Å². The highest BCUT2D eigenvalue weighted by atomic mass is 35.5. The highest BCUT2D eigenvalue weighted by Gasteiger charge is 2.28. The number of rotatable bonds is 6. The van der Waals surface area contributed by atoms with Crippen LogP contribution in [0.25, 0.3) is 0 Å². The maximum absolute atomic E-state index is 11.8. The monoisotopic (exact) mass is 261 g/mol. The molecule has 17 heavy (non-hydrogen) atoms. The molecule has 0 rings (SSSR count). The van der Waals surface area contributed by atoms with Gasteiger partial charge in [0.1, 0.15) is 5.70 Å². The number of hydrogen-bond acceptors (Lipinski definition) is 2. The van der Waals surface area contributed by atoms with Gasteiger partial charge in [-0.1, -0.05) is 13.3 Å². The first-order chi connectivity index (χ1) is 7.76. The van der Waals surface area contributed by atoms with Crippen LogP contribution >= 0.6 is 11.6 Å². The SMILES string of the molecule is CCC/C(C)=C(/NC(=O)C(C)(C)CCl)C(=O)O. The van der Waals surface area contributed by atoms with Crippen LogP contribution in [0.1, 0.15) is 40.5 Å². The van der Waals surface area contributed by atoms with E-state index >= 15 is 0 Å². The minimum absolute atomic E-state index is 0.0324. The van der Waals surface area contributed by atoms with Crippen LogP contribution in [0.3, 0.4) is 0 Å². The van der Waals surface area contributed by atoms with E-state index in [2.05, 4.69) is 5.32 Å². The predicted octanol–water partition coefficient (Wildman–Crippen LogP) is 2.53. The summed E-state index contributed by atoms with van der Waals surface area (Å²) in [6.45, 7) is 7.00. The highest BCUT2D eigenvalue weighted by molar-refractivity contribution is 6.20. The lowest BCUT2D eigenvalue weighted by Crippen LogP contribution is -2.39. The van der Waals surface area contributed by atoms with Gasteiger partial charge in [0.2, 0.25) is 5.91 Å². The van der Waals surface area contributed by atoms with E-state index in [0.29, 0.717) is 12.0 Å². The Morgan fingerprint density at radius 2 is 1.88 bits per heavy atom. The van der Waals surface area contributed by atoms with Crippen LogP contribution in [0.5, 0.6) is 0 Å². The smallest absolute Gasteiger partial charge is 0.352 e.